The van der Waals surface area contributed by atoms with Crippen LogP contribution in [0.4, 0.5) is 0 Å². The SMILES string of the molecule is CCCCN(C(=O)c1ccc(Cl)cc1)C1CC(C)(C)NC(C)(C)C1. The molecule has 0 saturated carbocycles. The first-order valence-corrected chi connectivity index (χ1v) is 9.37. The number of carbonyl (C=O) groups is 1. The highest BCUT2D eigenvalue weighted by Gasteiger charge is 2.41. The summed E-state index contributed by atoms with van der Waals surface area (Å²) in [5.41, 5.74) is 0.776. The van der Waals surface area contributed by atoms with Crippen LogP contribution in [0.2, 0.25) is 5.02 Å². The Balaban J connectivity index is 2.26. The van der Waals surface area contributed by atoms with Gasteiger partial charge in [0.1, 0.15) is 0 Å². The number of halogens is 1. The molecule has 1 fully saturated rings. The summed E-state index contributed by atoms with van der Waals surface area (Å²) in [5, 5.41) is 4.37. The van der Waals surface area contributed by atoms with Gasteiger partial charge in [-0.1, -0.05) is 24.9 Å². The van der Waals surface area contributed by atoms with E-state index in [4.69, 9.17) is 11.6 Å². The van der Waals surface area contributed by atoms with E-state index >= 15 is 0 Å². The summed E-state index contributed by atoms with van der Waals surface area (Å²) in [7, 11) is 0. The number of benzene rings is 1. The summed E-state index contributed by atoms with van der Waals surface area (Å²) in [5.74, 6) is 0.124. The second kappa shape index (κ2) is 7.45. The van der Waals surface area contributed by atoms with E-state index in [1.54, 1.807) is 12.1 Å². The fourth-order valence-electron chi connectivity index (χ4n) is 4.03. The van der Waals surface area contributed by atoms with Crippen molar-refractivity contribution in [3.05, 3.63) is 34.9 Å². The van der Waals surface area contributed by atoms with Gasteiger partial charge in [0.05, 0.1) is 0 Å². The van der Waals surface area contributed by atoms with E-state index in [9.17, 15) is 4.79 Å². The lowest BCUT2D eigenvalue weighted by Crippen LogP contribution is -2.62. The number of carbonyl (C=O) groups excluding carboxylic acids is 1. The maximum absolute atomic E-state index is 13.1. The van der Waals surface area contributed by atoms with Gasteiger partial charge in [-0.2, -0.15) is 0 Å². The monoisotopic (exact) mass is 350 g/mol. The van der Waals surface area contributed by atoms with Gasteiger partial charge in [0.25, 0.3) is 5.91 Å². The Labute approximate surface area is 151 Å². The Bertz CT molecular complexity index is 550. The topological polar surface area (TPSA) is 32.3 Å². The molecule has 3 nitrogen and oxygen atoms in total. The molecule has 0 unspecified atom stereocenters. The minimum absolute atomic E-state index is 0.0250. The molecule has 0 spiro atoms. The average molecular weight is 351 g/mol. The van der Waals surface area contributed by atoms with Crippen molar-refractivity contribution in [2.24, 2.45) is 0 Å². The van der Waals surface area contributed by atoms with Gasteiger partial charge in [-0.05, 0) is 71.2 Å². The van der Waals surface area contributed by atoms with Crippen LogP contribution in [0, 0.1) is 0 Å². The zero-order chi connectivity index (χ0) is 18.0. The van der Waals surface area contributed by atoms with Crippen LogP contribution in [0.1, 0.15) is 70.7 Å². The largest absolute Gasteiger partial charge is 0.336 e. The molecule has 1 N–H and O–H groups in total. The maximum Gasteiger partial charge on any atom is 0.254 e. The van der Waals surface area contributed by atoms with E-state index in [0.717, 1.165) is 37.8 Å². The molecule has 134 valence electrons. The fourth-order valence-corrected chi connectivity index (χ4v) is 4.15. The van der Waals surface area contributed by atoms with Gasteiger partial charge in [-0.25, -0.2) is 0 Å². The lowest BCUT2D eigenvalue weighted by Gasteiger charge is -2.49. The number of unbranched alkanes of at least 4 members (excludes halogenated alkanes) is 1. The van der Waals surface area contributed by atoms with Gasteiger partial charge in [-0.15, -0.1) is 0 Å². The predicted octanol–water partition coefficient (Wildman–Crippen LogP) is 4.89. The van der Waals surface area contributed by atoms with Crippen molar-refractivity contribution in [2.45, 2.75) is 77.4 Å². The van der Waals surface area contributed by atoms with Crippen molar-refractivity contribution >= 4 is 17.5 Å². The smallest absolute Gasteiger partial charge is 0.254 e. The molecule has 1 aromatic carbocycles. The number of piperidine rings is 1. The predicted molar refractivity (Wildman–Crippen MR) is 102 cm³/mol. The van der Waals surface area contributed by atoms with Gasteiger partial charge in [0, 0.05) is 34.3 Å². The van der Waals surface area contributed by atoms with Crippen LogP contribution in [0.5, 0.6) is 0 Å². The number of hydrogen-bond acceptors (Lipinski definition) is 2. The zero-order valence-corrected chi connectivity index (χ0v) is 16.4. The van der Waals surface area contributed by atoms with Crippen molar-refractivity contribution in [1.29, 1.82) is 0 Å². The molecule has 0 bridgehead atoms. The third-order valence-electron chi connectivity index (χ3n) is 4.71. The van der Waals surface area contributed by atoms with Gasteiger partial charge in [0.15, 0.2) is 0 Å². The lowest BCUT2D eigenvalue weighted by atomic mass is 9.78. The van der Waals surface area contributed by atoms with E-state index in [-0.39, 0.29) is 23.0 Å². The van der Waals surface area contributed by atoms with E-state index in [2.05, 4.69) is 44.8 Å². The molecule has 1 aliphatic heterocycles. The molecular weight excluding hydrogens is 320 g/mol. The molecule has 1 saturated heterocycles. The normalized spacial score (nSPS) is 19.9. The van der Waals surface area contributed by atoms with Gasteiger partial charge in [-0.3, -0.25) is 4.79 Å². The third kappa shape index (κ3) is 4.97. The highest BCUT2D eigenvalue weighted by Crippen LogP contribution is 2.32. The van der Waals surface area contributed by atoms with E-state index in [1.807, 2.05) is 12.1 Å². The second-order valence-electron chi connectivity index (χ2n) is 8.31. The Morgan fingerprint density at radius 3 is 2.21 bits per heavy atom. The molecule has 1 heterocycles. The van der Waals surface area contributed by atoms with Crippen molar-refractivity contribution in [3.8, 4) is 0 Å². The Morgan fingerprint density at radius 1 is 1.17 bits per heavy atom. The second-order valence-corrected chi connectivity index (χ2v) is 8.75. The van der Waals surface area contributed by atoms with Gasteiger partial charge < -0.3 is 10.2 Å². The third-order valence-corrected chi connectivity index (χ3v) is 4.97. The van der Waals surface area contributed by atoms with Crippen LogP contribution in [0.15, 0.2) is 24.3 Å². The summed E-state index contributed by atoms with van der Waals surface area (Å²) in [6.45, 7) is 11.9. The van der Waals surface area contributed by atoms with E-state index < -0.39 is 0 Å². The molecule has 0 radical (unpaired) electrons. The molecule has 0 aliphatic carbocycles. The molecule has 1 aromatic rings. The molecule has 2 rings (SSSR count). The van der Waals surface area contributed by atoms with E-state index in [1.165, 1.54) is 0 Å². The Hall–Kier alpha value is -1.06. The van der Waals surface area contributed by atoms with Gasteiger partial charge in [0.2, 0.25) is 0 Å². The highest BCUT2D eigenvalue weighted by molar-refractivity contribution is 6.30. The minimum atomic E-state index is 0.0250. The van der Waals surface area contributed by atoms with Crippen LogP contribution in [0.25, 0.3) is 0 Å². The number of nitrogens with zero attached hydrogens (tertiary/aromatic N) is 1. The maximum atomic E-state index is 13.1. The average Bonchev–Trinajstić information content (AvgIpc) is 2.45. The van der Waals surface area contributed by atoms with Crippen molar-refractivity contribution < 1.29 is 4.79 Å². The summed E-state index contributed by atoms with van der Waals surface area (Å²) in [6.07, 6.45) is 4.06. The first kappa shape index (κ1) is 19.3. The van der Waals surface area contributed by atoms with Crippen molar-refractivity contribution in [1.82, 2.24) is 10.2 Å². The van der Waals surface area contributed by atoms with Crippen LogP contribution < -0.4 is 5.32 Å². The quantitative estimate of drug-likeness (QED) is 0.819. The minimum Gasteiger partial charge on any atom is -0.336 e. The highest BCUT2D eigenvalue weighted by atomic mass is 35.5. The number of amides is 1. The van der Waals surface area contributed by atoms with Crippen LogP contribution >= 0.6 is 11.6 Å². The van der Waals surface area contributed by atoms with Crippen molar-refractivity contribution in [3.63, 3.8) is 0 Å². The van der Waals surface area contributed by atoms with Crippen molar-refractivity contribution in [2.75, 3.05) is 6.54 Å². The number of nitrogens with one attached hydrogen (secondary N) is 1. The summed E-state index contributed by atoms with van der Waals surface area (Å²) in [4.78, 5) is 15.2. The summed E-state index contributed by atoms with van der Waals surface area (Å²) >= 11 is 5.97. The van der Waals surface area contributed by atoms with E-state index in [0.29, 0.717) is 5.02 Å². The number of hydrogen-bond donors (Lipinski definition) is 1. The first-order valence-electron chi connectivity index (χ1n) is 8.99. The lowest BCUT2D eigenvalue weighted by molar-refractivity contribution is 0.0442. The first-order chi connectivity index (χ1) is 11.1. The summed E-state index contributed by atoms with van der Waals surface area (Å²) in [6, 6.07) is 7.51. The molecular formula is C20H31ClN2O. The molecule has 0 aromatic heterocycles. The van der Waals surface area contributed by atoms with Crippen LogP contribution in [-0.4, -0.2) is 34.5 Å². The molecule has 24 heavy (non-hydrogen) atoms. The molecule has 0 atom stereocenters. The number of rotatable bonds is 5. The zero-order valence-electron chi connectivity index (χ0n) is 15.7. The van der Waals surface area contributed by atoms with Crippen LogP contribution in [0.3, 0.4) is 0 Å². The molecule has 1 aliphatic rings. The Kier molecular flexibility index (Phi) is 5.98. The summed E-state index contributed by atoms with van der Waals surface area (Å²) < 4.78 is 0. The van der Waals surface area contributed by atoms with Crippen LogP contribution in [-0.2, 0) is 0 Å². The standard InChI is InChI=1S/C20H31ClN2O/c1-6-7-12-23(18(24)15-8-10-16(21)11-9-15)17-13-19(2,3)22-20(4,5)14-17/h8-11,17,22H,6-7,12-14H2,1-5H3. The van der Waals surface area contributed by atoms with Gasteiger partial charge >= 0.3 is 0 Å². The Morgan fingerprint density at radius 2 is 1.71 bits per heavy atom. The molecule has 4 heteroatoms. The fraction of sp³-hybridized carbons (Fsp3) is 0.650. The molecule has 1 amide bonds.